The summed E-state index contributed by atoms with van der Waals surface area (Å²) in [7, 11) is 1.84. The summed E-state index contributed by atoms with van der Waals surface area (Å²) in [6.45, 7) is 3.52. The molecule has 1 aromatic carbocycles. The van der Waals surface area contributed by atoms with Crippen molar-refractivity contribution in [2.24, 2.45) is 0 Å². The Morgan fingerprint density at radius 1 is 1.53 bits per heavy atom. The van der Waals surface area contributed by atoms with E-state index in [2.05, 4.69) is 24.8 Å². The van der Waals surface area contributed by atoms with E-state index in [0.29, 0.717) is 0 Å². The van der Waals surface area contributed by atoms with Gasteiger partial charge in [-0.1, -0.05) is 30.8 Å². The number of carbonyl (C=O) groups is 1. The quantitative estimate of drug-likeness (QED) is 0.672. The Labute approximate surface area is 90.2 Å². The highest BCUT2D eigenvalue weighted by Crippen LogP contribution is 2.34. The van der Waals surface area contributed by atoms with E-state index in [1.807, 2.05) is 13.1 Å². The van der Waals surface area contributed by atoms with Crippen molar-refractivity contribution in [1.29, 1.82) is 0 Å². The molecule has 0 saturated heterocycles. The summed E-state index contributed by atoms with van der Waals surface area (Å²) < 4.78 is 0. The fourth-order valence-corrected chi connectivity index (χ4v) is 2.23. The summed E-state index contributed by atoms with van der Waals surface area (Å²) in [6.07, 6.45) is 3.46. The summed E-state index contributed by atoms with van der Waals surface area (Å²) in [5.41, 5.74) is 2.65. The van der Waals surface area contributed by atoms with E-state index < -0.39 is 0 Å². The molecule has 0 aliphatic heterocycles. The molecular weight excluding hydrogens is 186 g/mol. The molecule has 0 aromatic heterocycles. The van der Waals surface area contributed by atoms with E-state index >= 15 is 0 Å². The van der Waals surface area contributed by atoms with Gasteiger partial charge in [0.05, 0.1) is 6.04 Å². The highest BCUT2D eigenvalue weighted by molar-refractivity contribution is 5.87. The second-order valence-electron chi connectivity index (χ2n) is 3.91. The van der Waals surface area contributed by atoms with E-state index in [1.54, 1.807) is 4.90 Å². The average molecular weight is 201 g/mol. The van der Waals surface area contributed by atoms with E-state index in [1.165, 1.54) is 17.2 Å². The van der Waals surface area contributed by atoms with Gasteiger partial charge < -0.3 is 4.90 Å². The van der Waals surface area contributed by atoms with Crippen molar-refractivity contribution in [3.63, 3.8) is 0 Å². The number of rotatable bonds is 2. The molecule has 15 heavy (non-hydrogen) atoms. The second-order valence-corrected chi connectivity index (χ2v) is 3.91. The van der Waals surface area contributed by atoms with Crippen LogP contribution in [0.15, 0.2) is 36.9 Å². The van der Waals surface area contributed by atoms with Crippen LogP contribution in [0.3, 0.4) is 0 Å². The number of hydrogen-bond acceptors (Lipinski definition) is 1. The molecule has 1 aliphatic carbocycles. The van der Waals surface area contributed by atoms with Gasteiger partial charge >= 0.3 is 0 Å². The lowest BCUT2D eigenvalue weighted by molar-refractivity contribution is -0.126. The lowest BCUT2D eigenvalue weighted by Gasteiger charge is -2.24. The van der Waals surface area contributed by atoms with Gasteiger partial charge in [-0.15, -0.1) is 0 Å². The number of carbonyl (C=O) groups excluding carboxylic acids is 1. The Kier molecular flexibility index (Phi) is 2.58. The standard InChI is InChI=1S/C13H15NO/c1-3-13(15)14(2)12-9-8-10-6-4-5-7-11(10)12/h3-7,12H,1,8-9H2,2H3. The van der Waals surface area contributed by atoms with Crippen LogP contribution in [0.1, 0.15) is 23.6 Å². The summed E-state index contributed by atoms with van der Waals surface area (Å²) in [5, 5.41) is 0. The highest BCUT2D eigenvalue weighted by atomic mass is 16.2. The maximum absolute atomic E-state index is 11.5. The lowest BCUT2D eigenvalue weighted by atomic mass is 10.1. The molecule has 2 heteroatoms. The van der Waals surface area contributed by atoms with Crippen LogP contribution < -0.4 is 0 Å². The second kappa shape index (κ2) is 3.89. The Balaban J connectivity index is 2.27. The molecule has 0 spiro atoms. The minimum absolute atomic E-state index is 0.00305. The van der Waals surface area contributed by atoms with Gasteiger partial charge in [0, 0.05) is 7.05 Å². The Hall–Kier alpha value is -1.57. The van der Waals surface area contributed by atoms with Crippen LogP contribution in [-0.2, 0) is 11.2 Å². The van der Waals surface area contributed by atoms with E-state index in [0.717, 1.165) is 12.8 Å². The number of likely N-dealkylation sites (N-methyl/N-ethyl adjacent to an activating group) is 1. The first-order chi connectivity index (χ1) is 7.24. The minimum atomic E-state index is -0.00305. The zero-order valence-electron chi connectivity index (χ0n) is 8.94. The van der Waals surface area contributed by atoms with Crippen molar-refractivity contribution in [3.8, 4) is 0 Å². The molecule has 0 fully saturated rings. The van der Waals surface area contributed by atoms with Crippen LogP contribution in [-0.4, -0.2) is 17.9 Å². The number of aryl methyl sites for hydroxylation is 1. The van der Waals surface area contributed by atoms with Gasteiger partial charge in [-0.05, 0) is 30.0 Å². The first-order valence-electron chi connectivity index (χ1n) is 5.21. The van der Waals surface area contributed by atoms with Crippen molar-refractivity contribution in [2.45, 2.75) is 18.9 Å². The monoisotopic (exact) mass is 201 g/mol. The van der Waals surface area contributed by atoms with Crippen molar-refractivity contribution < 1.29 is 4.79 Å². The number of nitrogens with zero attached hydrogens (tertiary/aromatic N) is 1. The lowest BCUT2D eigenvalue weighted by Crippen LogP contribution is -2.28. The van der Waals surface area contributed by atoms with Crippen molar-refractivity contribution in [3.05, 3.63) is 48.0 Å². The van der Waals surface area contributed by atoms with Crippen LogP contribution in [0.4, 0.5) is 0 Å². The first-order valence-corrected chi connectivity index (χ1v) is 5.21. The molecule has 0 N–H and O–H groups in total. The fourth-order valence-electron chi connectivity index (χ4n) is 2.23. The van der Waals surface area contributed by atoms with E-state index in [-0.39, 0.29) is 11.9 Å². The molecule has 1 unspecified atom stereocenters. The smallest absolute Gasteiger partial charge is 0.246 e. The number of fused-ring (bicyclic) bond motifs is 1. The fraction of sp³-hybridized carbons (Fsp3) is 0.308. The maximum Gasteiger partial charge on any atom is 0.246 e. The predicted molar refractivity (Wildman–Crippen MR) is 60.5 cm³/mol. The summed E-state index contributed by atoms with van der Waals surface area (Å²) in [6, 6.07) is 8.56. The molecule has 1 atom stereocenters. The molecule has 2 rings (SSSR count). The van der Waals surface area contributed by atoms with Gasteiger partial charge in [0.25, 0.3) is 0 Å². The van der Waals surface area contributed by atoms with Gasteiger partial charge in [0.2, 0.25) is 5.91 Å². The zero-order valence-corrected chi connectivity index (χ0v) is 8.94. The highest BCUT2D eigenvalue weighted by Gasteiger charge is 2.26. The van der Waals surface area contributed by atoms with Crippen LogP contribution in [0.25, 0.3) is 0 Å². The van der Waals surface area contributed by atoms with Gasteiger partial charge in [0.1, 0.15) is 0 Å². The molecule has 0 radical (unpaired) electrons. The van der Waals surface area contributed by atoms with Crippen LogP contribution in [0, 0.1) is 0 Å². The number of benzene rings is 1. The zero-order chi connectivity index (χ0) is 10.8. The SMILES string of the molecule is C=CC(=O)N(C)C1CCc2ccccc21. The summed E-state index contributed by atoms with van der Waals surface area (Å²) in [5.74, 6) is -0.00305. The molecule has 2 nitrogen and oxygen atoms in total. The molecule has 0 bridgehead atoms. The predicted octanol–water partition coefficient (Wildman–Crippen LogP) is 2.32. The molecular formula is C13H15NO. The topological polar surface area (TPSA) is 20.3 Å². The molecule has 1 amide bonds. The molecule has 78 valence electrons. The van der Waals surface area contributed by atoms with E-state index in [4.69, 9.17) is 0 Å². The third kappa shape index (κ3) is 1.67. The largest absolute Gasteiger partial charge is 0.335 e. The van der Waals surface area contributed by atoms with Crippen LogP contribution in [0.5, 0.6) is 0 Å². The van der Waals surface area contributed by atoms with Crippen molar-refractivity contribution in [1.82, 2.24) is 4.90 Å². The normalized spacial score (nSPS) is 18.3. The number of hydrogen-bond donors (Lipinski definition) is 0. The summed E-state index contributed by atoms with van der Waals surface area (Å²) in [4.78, 5) is 13.3. The Morgan fingerprint density at radius 2 is 2.27 bits per heavy atom. The van der Waals surface area contributed by atoms with Gasteiger partial charge in [0.15, 0.2) is 0 Å². The minimum Gasteiger partial charge on any atom is -0.335 e. The van der Waals surface area contributed by atoms with Gasteiger partial charge in [-0.25, -0.2) is 0 Å². The third-order valence-corrected chi connectivity index (χ3v) is 3.09. The first kappa shape index (κ1) is 9.97. The van der Waals surface area contributed by atoms with Crippen molar-refractivity contribution in [2.75, 3.05) is 7.05 Å². The molecule has 1 aliphatic rings. The molecule has 0 heterocycles. The molecule has 1 aromatic rings. The maximum atomic E-state index is 11.5. The molecule has 0 saturated carbocycles. The average Bonchev–Trinajstić information content (AvgIpc) is 2.70. The van der Waals surface area contributed by atoms with Crippen LogP contribution >= 0.6 is 0 Å². The van der Waals surface area contributed by atoms with Gasteiger partial charge in [-0.2, -0.15) is 0 Å². The van der Waals surface area contributed by atoms with E-state index in [9.17, 15) is 4.79 Å². The Morgan fingerprint density at radius 3 is 3.00 bits per heavy atom. The Bertz CT molecular complexity index is 397. The third-order valence-electron chi connectivity index (χ3n) is 3.09. The van der Waals surface area contributed by atoms with Crippen molar-refractivity contribution >= 4 is 5.91 Å². The summed E-state index contributed by atoms with van der Waals surface area (Å²) >= 11 is 0. The van der Waals surface area contributed by atoms with Crippen LogP contribution in [0.2, 0.25) is 0 Å². The van der Waals surface area contributed by atoms with Gasteiger partial charge in [-0.3, -0.25) is 4.79 Å². The number of amides is 1.